The molecule has 0 bridgehead atoms. The predicted octanol–water partition coefficient (Wildman–Crippen LogP) is 3.06. The number of carbonyl (C=O) groups excluding carboxylic acids is 2. The van der Waals surface area contributed by atoms with Crippen molar-refractivity contribution in [1.82, 2.24) is 9.80 Å². The molecular weight excluding hydrogens is 395 g/mol. The fourth-order valence-corrected chi connectivity index (χ4v) is 3.35. The first-order chi connectivity index (χ1) is 13.9. The Morgan fingerprint density at radius 2 is 1.72 bits per heavy atom. The van der Waals surface area contributed by atoms with Gasteiger partial charge in [0.1, 0.15) is 5.82 Å². The molecule has 2 amide bonds. The molecule has 1 aliphatic heterocycles. The lowest BCUT2D eigenvalue weighted by Gasteiger charge is -2.37. The first kappa shape index (κ1) is 21.2. The highest BCUT2D eigenvalue weighted by atomic mass is 35.5. The van der Waals surface area contributed by atoms with Crippen LogP contribution >= 0.6 is 11.6 Å². The zero-order valence-corrected chi connectivity index (χ0v) is 17.0. The molecule has 1 fully saturated rings. The van der Waals surface area contributed by atoms with E-state index in [2.05, 4.69) is 15.5 Å². The van der Waals surface area contributed by atoms with Crippen LogP contribution < -0.4 is 10.6 Å². The van der Waals surface area contributed by atoms with Crippen molar-refractivity contribution >= 4 is 34.8 Å². The summed E-state index contributed by atoms with van der Waals surface area (Å²) in [6, 6.07) is 12.5. The SMILES string of the molecule is C[C@H](C(=O)Nc1ccc(Cl)cc1)N1CCN(CC(=O)Nc2cccc(F)c2)CC1. The third kappa shape index (κ3) is 6.25. The molecule has 0 aliphatic carbocycles. The van der Waals surface area contributed by atoms with Crippen molar-refractivity contribution in [3.63, 3.8) is 0 Å². The second-order valence-corrected chi connectivity index (χ2v) is 7.48. The van der Waals surface area contributed by atoms with E-state index in [0.29, 0.717) is 42.6 Å². The van der Waals surface area contributed by atoms with Gasteiger partial charge in [-0.25, -0.2) is 4.39 Å². The number of piperazine rings is 1. The van der Waals surface area contributed by atoms with Crippen LogP contribution in [-0.2, 0) is 9.59 Å². The highest BCUT2D eigenvalue weighted by Crippen LogP contribution is 2.15. The summed E-state index contributed by atoms with van der Waals surface area (Å²) in [5, 5.41) is 6.22. The van der Waals surface area contributed by atoms with Gasteiger partial charge in [-0.3, -0.25) is 19.4 Å². The number of halogens is 2. The average molecular weight is 419 g/mol. The Morgan fingerprint density at radius 3 is 2.38 bits per heavy atom. The van der Waals surface area contributed by atoms with E-state index in [9.17, 15) is 14.0 Å². The highest BCUT2D eigenvalue weighted by Gasteiger charge is 2.26. The van der Waals surface area contributed by atoms with E-state index in [-0.39, 0.29) is 30.2 Å². The topological polar surface area (TPSA) is 64.7 Å². The second-order valence-electron chi connectivity index (χ2n) is 7.04. The molecule has 1 atom stereocenters. The molecule has 0 radical (unpaired) electrons. The van der Waals surface area contributed by atoms with E-state index >= 15 is 0 Å². The average Bonchev–Trinajstić information content (AvgIpc) is 2.69. The monoisotopic (exact) mass is 418 g/mol. The molecule has 2 aromatic rings. The van der Waals surface area contributed by atoms with Gasteiger partial charge in [0.25, 0.3) is 0 Å². The van der Waals surface area contributed by atoms with Crippen LogP contribution in [0.3, 0.4) is 0 Å². The van der Waals surface area contributed by atoms with Gasteiger partial charge in [-0.1, -0.05) is 17.7 Å². The van der Waals surface area contributed by atoms with Gasteiger partial charge in [0, 0.05) is 42.6 Å². The van der Waals surface area contributed by atoms with Gasteiger partial charge in [-0.15, -0.1) is 0 Å². The minimum absolute atomic E-state index is 0.0791. The molecular formula is C21H24ClFN4O2. The lowest BCUT2D eigenvalue weighted by molar-refractivity contribution is -0.122. The molecule has 2 aromatic carbocycles. The van der Waals surface area contributed by atoms with E-state index in [4.69, 9.17) is 11.6 Å². The van der Waals surface area contributed by atoms with Crippen LogP contribution in [0.4, 0.5) is 15.8 Å². The number of benzene rings is 2. The molecule has 8 heteroatoms. The van der Waals surface area contributed by atoms with Crippen LogP contribution in [0.15, 0.2) is 48.5 Å². The summed E-state index contributed by atoms with van der Waals surface area (Å²) in [6.07, 6.45) is 0. The van der Waals surface area contributed by atoms with Gasteiger partial charge in [0.2, 0.25) is 11.8 Å². The second kappa shape index (κ2) is 9.82. The maximum absolute atomic E-state index is 13.2. The molecule has 0 unspecified atom stereocenters. The Labute approximate surface area is 174 Å². The van der Waals surface area contributed by atoms with E-state index in [1.165, 1.54) is 12.1 Å². The molecule has 154 valence electrons. The Bertz CT molecular complexity index is 854. The Hall–Kier alpha value is -2.48. The number of nitrogens with one attached hydrogen (secondary N) is 2. The summed E-state index contributed by atoms with van der Waals surface area (Å²) in [5.74, 6) is -0.649. The normalized spacial score (nSPS) is 16.2. The number of hydrogen-bond acceptors (Lipinski definition) is 4. The van der Waals surface area contributed by atoms with Crippen LogP contribution in [-0.4, -0.2) is 60.4 Å². The van der Waals surface area contributed by atoms with Crippen molar-refractivity contribution in [2.24, 2.45) is 0 Å². The first-order valence-corrected chi connectivity index (χ1v) is 9.87. The highest BCUT2D eigenvalue weighted by molar-refractivity contribution is 6.30. The van der Waals surface area contributed by atoms with E-state index in [1.807, 2.05) is 11.8 Å². The van der Waals surface area contributed by atoms with E-state index in [0.717, 1.165) is 0 Å². The summed E-state index contributed by atoms with van der Waals surface area (Å²) >= 11 is 5.86. The minimum atomic E-state index is -0.387. The van der Waals surface area contributed by atoms with Gasteiger partial charge >= 0.3 is 0 Å². The Morgan fingerprint density at radius 1 is 1.03 bits per heavy atom. The van der Waals surface area contributed by atoms with Gasteiger partial charge in [0.15, 0.2) is 0 Å². The minimum Gasteiger partial charge on any atom is -0.325 e. The fraction of sp³-hybridized carbons (Fsp3) is 0.333. The molecule has 1 heterocycles. The number of rotatable bonds is 6. The maximum atomic E-state index is 13.2. The number of carbonyl (C=O) groups is 2. The zero-order valence-electron chi connectivity index (χ0n) is 16.2. The lowest BCUT2D eigenvalue weighted by atomic mass is 10.2. The number of anilines is 2. The van der Waals surface area contributed by atoms with Crippen molar-refractivity contribution < 1.29 is 14.0 Å². The molecule has 3 rings (SSSR count). The number of nitrogens with zero attached hydrogens (tertiary/aromatic N) is 2. The number of hydrogen-bond donors (Lipinski definition) is 2. The molecule has 0 spiro atoms. The molecule has 0 aromatic heterocycles. The van der Waals surface area contributed by atoms with Gasteiger partial charge in [0.05, 0.1) is 12.6 Å². The summed E-state index contributed by atoms with van der Waals surface area (Å²) in [6.45, 7) is 4.82. The summed E-state index contributed by atoms with van der Waals surface area (Å²) < 4.78 is 13.2. The number of amides is 2. The molecule has 0 saturated carbocycles. The maximum Gasteiger partial charge on any atom is 0.241 e. The molecule has 6 nitrogen and oxygen atoms in total. The largest absolute Gasteiger partial charge is 0.325 e. The standard InChI is InChI=1S/C21H24ClFN4O2/c1-15(21(29)25-18-7-5-16(22)6-8-18)27-11-9-26(10-12-27)14-20(28)24-19-4-2-3-17(23)13-19/h2-8,13,15H,9-12,14H2,1H3,(H,24,28)(H,25,29)/t15-/m1/s1. The van der Waals surface area contributed by atoms with Crippen LogP contribution in [0.5, 0.6) is 0 Å². The van der Waals surface area contributed by atoms with Gasteiger partial charge in [-0.2, -0.15) is 0 Å². The van der Waals surface area contributed by atoms with Crippen LogP contribution in [0.1, 0.15) is 6.92 Å². The predicted molar refractivity (Wildman–Crippen MR) is 113 cm³/mol. The molecule has 2 N–H and O–H groups in total. The molecule has 29 heavy (non-hydrogen) atoms. The molecule has 1 saturated heterocycles. The lowest BCUT2D eigenvalue weighted by Crippen LogP contribution is -2.53. The van der Waals surface area contributed by atoms with E-state index in [1.54, 1.807) is 36.4 Å². The smallest absolute Gasteiger partial charge is 0.241 e. The van der Waals surface area contributed by atoms with Crippen LogP contribution in [0, 0.1) is 5.82 Å². The fourth-order valence-electron chi connectivity index (χ4n) is 3.22. The van der Waals surface area contributed by atoms with Crippen molar-refractivity contribution in [3.05, 3.63) is 59.4 Å². The van der Waals surface area contributed by atoms with Crippen LogP contribution in [0.2, 0.25) is 5.02 Å². The quantitative estimate of drug-likeness (QED) is 0.756. The van der Waals surface area contributed by atoms with Crippen molar-refractivity contribution in [2.45, 2.75) is 13.0 Å². The van der Waals surface area contributed by atoms with Gasteiger partial charge in [-0.05, 0) is 49.4 Å². The van der Waals surface area contributed by atoms with Crippen molar-refractivity contribution in [1.29, 1.82) is 0 Å². The Kier molecular flexibility index (Phi) is 7.19. The summed E-state index contributed by atoms with van der Waals surface area (Å²) in [5.41, 5.74) is 1.15. The zero-order chi connectivity index (χ0) is 20.8. The first-order valence-electron chi connectivity index (χ1n) is 9.49. The third-order valence-electron chi connectivity index (χ3n) is 4.92. The van der Waals surface area contributed by atoms with E-state index < -0.39 is 0 Å². The van der Waals surface area contributed by atoms with Gasteiger partial charge < -0.3 is 10.6 Å². The summed E-state index contributed by atoms with van der Waals surface area (Å²) in [4.78, 5) is 28.8. The van der Waals surface area contributed by atoms with Crippen molar-refractivity contribution in [2.75, 3.05) is 43.4 Å². The summed E-state index contributed by atoms with van der Waals surface area (Å²) in [7, 11) is 0. The van der Waals surface area contributed by atoms with Crippen LogP contribution in [0.25, 0.3) is 0 Å². The third-order valence-corrected chi connectivity index (χ3v) is 5.17. The van der Waals surface area contributed by atoms with Crippen molar-refractivity contribution in [3.8, 4) is 0 Å². The molecule has 1 aliphatic rings. The Balaban J connectivity index is 1.43.